The third-order valence-corrected chi connectivity index (χ3v) is 4.10. The first-order chi connectivity index (χ1) is 10.3. The molecule has 1 aliphatic rings. The van der Waals surface area contributed by atoms with Gasteiger partial charge in [0.1, 0.15) is 0 Å². The molecule has 0 atom stereocenters. The van der Waals surface area contributed by atoms with Gasteiger partial charge in [-0.15, -0.1) is 6.42 Å². The van der Waals surface area contributed by atoms with Crippen molar-refractivity contribution in [3.8, 4) is 12.3 Å². The van der Waals surface area contributed by atoms with Crippen LogP contribution in [0, 0.1) is 18.3 Å². The summed E-state index contributed by atoms with van der Waals surface area (Å²) in [6, 6.07) is 9.49. The van der Waals surface area contributed by atoms with E-state index in [0.717, 1.165) is 29.6 Å². The third-order valence-electron chi connectivity index (χ3n) is 4.10. The van der Waals surface area contributed by atoms with Crippen LogP contribution in [-0.4, -0.2) is 5.78 Å². The standard InChI is InChI=1S/C20H22O/c1-3-5-11-16(4-2)19(17-12-9-10-13-17)20(21)18-14-7-6-8-15-18/h2-3,5-8,14-15,17H,9-13H2,1H3/b5-3?,19-16-. The molecule has 0 aliphatic heterocycles. The molecular formula is C20H22O. The van der Waals surface area contributed by atoms with Crippen LogP contribution in [0.25, 0.3) is 0 Å². The summed E-state index contributed by atoms with van der Waals surface area (Å²) in [4.78, 5) is 12.9. The fraction of sp³-hybridized carbons (Fsp3) is 0.350. The van der Waals surface area contributed by atoms with Crippen LogP contribution in [0.4, 0.5) is 0 Å². The number of benzene rings is 1. The molecular weight excluding hydrogens is 256 g/mol. The Morgan fingerprint density at radius 1 is 1.29 bits per heavy atom. The molecule has 1 heteroatoms. The quantitative estimate of drug-likeness (QED) is 0.322. The molecule has 1 aromatic carbocycles. The highest BCUT2D eigenvalue weighted by Crippen LogP contribution is 2.35. The smallest absolute Gasteiger partial charge is 0.190 e. The highest BCUT2D eigenvalue weighted by molar-refractivity contribution is 6.10. The van der Waals surface area contributed by atoms with E-state index in [2.05, 4.69) is 5.92 Å². The zero-order valence-corrected chi connectivity index (χ0v) is 12.6. The highest BCUT2D eigenvalue weighted by atomic mass is 16.1. The van der Waals surface area contributed by atoms with Crippen LogP contribution < -0.4 is 0 Å². The van der Waals surface area contributed by atoms with Gasteiger partial charge in [-0.2, -0.15) is 0 Å². The van der Waals surface area contributed by atoms with E-state index in [4.69, 9.17) is 6.42 Å². The molecule has 1 aromatic rings. The predicted molar refractivity (Wildman–Crippen MR) is 88.0 cm³/mol. The van der Waals surface area contributed by atoms with Crippen molar-refractivity contribution in [1.29, 1.82) is 0 Å². The van der Waals surface area contributed by atoms with Gasteiger partial charge in [-0.1, -0.05) is 61.2 Å². The molecule has 1 fully saturated rings. The number of rotatable bonds is 5. The van der Waals surface area contributed by atoms with Crippen LogP contribution in [0.15, 0.2) is 53.6 Å². The van der Waals surface area contributed by atoms with Gasteiger partial charge in [0.05, 0.1) is 0 Å². The lowest BCUT2D eigenvalue weighted by Gasteiger charge is -2.16. The number of ketones is 1. The largest absolute Gasteiger partial charge is 0.289 e. The molecule has 2 rings (SSSR count). The molecule has 0 aromatic heterocycles. The Morgan fingerprint density at radius 2 is 1.95 bits per heavy atom. The van der Waals surface area contributed by atoms with E-state index >= 15 is 0 Å². The second-order valence-corrected chi connectivity index (χ2v) is 5.49. The average Bonchev–Trinajstić information content (AvgIpc) is 3.05. The average molecular weight is 278 g/mol. The number of hydrogen-bond donors (Lipinski definition) is 0. The van der Waals surface area contributed by atoms with Crippen molar-refractivity contribution in [2.24, 2.45) is 5.92 Å². The Hall–Kier alpha value is -2.07. The Balaban J connectivity index is 2.42. The molecule has 0 bridgehead atoms. The number of terminal acetylenes is 1. The van der Waals surface area contributed by atoms with Crippen molar-refractivity contribution in [2.45, 2.75) is 39.0 Å². The molecule has 0 amide bonds. The molecule has 1 aliphatic carbocycles. The van der Waals surface area contributed by atoms with Gasteiger partial charge in [-0.3, -0.25) is 4.79 Å². The van der Waals surface area contributed by atoms with Crippen LogP contribution in [0.3, 0.4) is 0 Å². The zero-order chi connectivity index (χ0) is 15.1. The third kappa shape index (κ3) is 3.73. The molecule has 0 N–H and O–H groups in total. The first-order valence-corrected chi connectivity index (χ1v) is 7.68. The lowest BCUT2D eigenvalue weighted by Crippen LogP contribution is -2.14. The molecule has 0 radical (unpaired) electrons. The summed E-state index contributed by atoms with van der Waals surface area (Å²) in [6.07, 6.45) is 14.9. The predicted octanol–water partition coefficient (Wildman–Crippen LogP) is 4.96. The topological polar surface area (TPSA) is 17.1 Å². The first kappa shape index (κ1) is 15.3. The summed E-state index contributed by atoms with van der Waals surface area (Å²) in [6.45, 7) is 1.97. The van der Waals surface area contributed by atoms with Gasteiger partial charge in [0.2, 0.25) is 0 Å². The molecule has 21 heavy (non-hydrogen) atoms. The number of Topliss-reactive ketones (excluding diaryl/α,β-unsaturated/α-hetero) is 1. The first-order valence-electron chi connectivity index (χ1n) is 7.68. The van der Waals surface area contributed by atoms with Crippen molar-refractivity contribution < 1.29 is 4.79 Å². The second-order valence-electron chi connectivity index (χ2n) is 5.49. The maximum Gasteiger partial charge on any atom is 0.190 e. The molecule has 1 saturated carbocycles. The SMILES string of the molecule is C#C/C(CC=CC)=C(/C(=O)c1ccccc1)C1CCCC1. The van der Waals surface area contributed by atoms with E-state index in [0.29, 0.717) is 12.3 Å². The summed E-state index contributed by atoms with van der Waals surface area (Å²) >= 11 is 0. The molecule has 108 valence electrons. The van der Waals surface area contributed by atoms with Crippen LogP contribution in [0.5, 0.6) is 0 Å². The van der Waals surface area contributed by atoms with Crippen LogP contribution in [0.1, 0.15) is 49.4 Å². The van der Waals surface area contributed by atoms with Crippen LogP contribution in [0.2, 0.25) is 0 Å². The van der Waals surface area contributed by atoms with Gasteiger partial charge in [-0.05, 0) is 32.1 Å². The van der Waals surface area contributed by atoms with E-state index in [1.165, 1.54) is 12.8 Å². The lowest BCUT2D eigenvalue weighted by atomic mass is 9.86. The van der Waals surface area contributed by atoms with E-state index in [1.807, 2.05) is 49.4 Å². The molecule has 0 spiro atoms. The van der Waals surface area contributed by atoms with Crippen LogP contribution in [-0.2, 0) is 0 Å². The van der Waals surface area contributed by atoms with Crippen molar-refractivity contribution in [2.75, 3.05) is 0 Å². The Kier molecular flexibility index (Phi) is 5.58. The number of carbonyl (C=O) groups excluding carboxylic acids is 1. The van der Waals surface area contributed by atoms with Crippen LogP contribution >= 0.6 is 0 Å². The minimum atomic E-state index is 0.111. The van der Waals surface area contributed by atoms with Gasteiger partial charge in [0.15, 0.2) is 5.78 Å². The minimum Gasteiger partial charge on any atom is -0.289 e. The van der Waals surface area contributed by atoms with Crippen molar-refractivity contribution in [3.05, 3.63) is 59.2 Å². The minimum absolute atomic E-state index is 0.111. The summed E-state index contributed by atoms with van der Waals surface area (Å²) in [5, 5.41) is 0. The zero-order valence-electron chi connectivity index (χ0n) is 12.6. The maximum atomic E-state index is 12.9. The number of allylic oxidation sites excluding steroid dienone is 4. The molecule has 0 saturated heterocycles. The Labute approximate surface area is 127 Å². The normalized spacial score (nSPS) is 16.8. The van der Waals surface area contributed by atoms with Gasteiger partial charge in [-0.25, -0.2) is 0 Å². The van der Waals surface area contributed by atoms with Crippen molar-refractivity contribution in [3.63, 3.8) is 0 Å². The molecule has 0 unspecified atom stereocenters. The number of hydrogen-bond acceptors (Lipinski definition) is 1. The fourth-order valence-electron chi connectivity index (χ4n) is 3.01. The van der Waals surface area contributed by atoms with E-state index in [9.17, 15) is 4.79 Å². The summed E-state index contributed by atoms with van der Waals surface area (Å²) in [5.74, 6) is 3.21. The van der Waals surface area contributed by atoms with Crippen molar-refractivity contribution in [1.82, 2.24) is 0 Å². The fourth-order valence-corrected chi connectivity index (χ4v) is 3.01. The summed E-state index contributed by atoms with van der Waals surface area (Å²) < 4.78 is 0. The molecule has 1 nitrogen and oxygen atoms in total. The number of carbonyl (C=O) groups is 1. The van der Waals surface area contributed by atoms with Gasteiger partial charge in [0, 0.05) is 16.7 Å². The Bertz CT molecular complexity index is 578. The highest BCUT2D eigenvalue weighted by Gasteiger charge is 2.27. The lowest BCUT2D eigenvalue weighted by molar-refractivity contribution is 0.102. The van der Waals surface area contributed by atoms with E-state index < -0.39 is 0 Å². The summed E-state index contributed by atoms with van der Waals surface area (Å²) in [7, 11) is 0. The van der Waals surface area contributed by atoms with E-state index in [1.54, 1.807) is 0 Å². The van der Waals surface area contributed by atoms with E-state index in [-0.39, 0.29) is 5.78 Å². The molecule has 0 heterocycles. The Morgan fingerprint density at radius 3 is 2.52 bits per heavy atom. The van der Waals surface area contributed by atoms with Gasteiger partial charge < -0.3 is 0 Å². The monoisotopic (exact) mass is 278 g/mol. The second kappa shape index (κ2) is 7.64. The summed E-state index contributed by atoms with van der Waals surface area (Å²) in [5.41, 5.74) is 2.47. The van der Waals surface area contributed by atoms with Gasteiger partial charge in [0.25, 0.3) is 0 Å². The maximum absolute atomic E-state index is 12.9. The van der Waals surface area contributed by atoms with Gasteiger partial charge >= 0.3 is 0 Å². The van der Waals surface area contributed by atoms with Crippen molar-refractivity contribution >= 4 is 5.78 Å².